The Morgan fingerprint density at radius 1 is 0.970 bits per heavy atom. The third-order valence-electron chi connectivity index (χ3n) is 4.86. The summed E-state index contributed by atoms with van der Waals surface area (Å²) >= 11 is 6.14. The molecule has 0 fully saturated rings. The maximum absolute atomic E-state index is 12.7. The lowest BCUT2D eigenvalue weighted by Crippen LogP contribution is -2.11. The van der Waals surface area contributed by atoms with Gasteiger partial charge in [0.2, 0.25) is 5.75 Å². The van der Waals surface area contributed by atoms with E-state index in [4.69, 9.17) is 21.1 Å². The van der Waals surface area contributed by atoms with Crippen LogP contribution in [-0.2, 0) is 11.2 Å². The number of hydrogen-bond acceptors (Lipinski definition) is 6. The molecule has 0 spiro atoms. The third kappa shape index (κ3) is 5.27. The van der Waals surface area contributed by atoms with E-state index in [0.717, 1.165) is 16.3 Å². The van der Waals surface area contributed by atoms with Crippen LogP contribution in [0.1, 0.15) is 28.7 Å². The molecule has 0 radical (unpaired) electrons. The summed E-state index contributed by atoms with van der Waals surface area (Å²) < 4.78 is 10.2. The van der Waals surface area contributed by atoms with Gasteiger partial charge >= 0.3 is 5.97 Å². The van der Waals surface area contributed by atoms with Gasteiger partial charge in [-0.25, -0.2) is 4.98 Å². The Kier molecular flexibility index (Phi) is 6.51. The van der Waals surface area contributed by atoms with Crippen molar-refractivity contribution in [2.45, 2.75) is 13.3 Å². The lowest BCUT2D eigenvalue weighted by atomic mass is 10.1. The van der Waals surface area contributed by atoms with E-state index in [1.54, 1.807) is 18.2 Å². The molecule has 33 heavy (non-hydrogen) atoms. The number of nitrogens with one attached hydrogen (secondary N) is 1. The van der Waals surface area contributed by atoms with E-state index in [1.807, 2.05) is 48.5 Å². The van der Waals surface area contributed by atoms with Crippen LogP contribution in [0, 0.1) is 0 Å². The summed E-state index contributed by atoms with van der Waals surface area (Å²) in [5, 5.41) is 4.99. The maximum Gasteiger partial charge on any atom is 0.308 e. The molecular weight excluding hydrogens is 442 g/mol. The van der Waals surface area contributed by atoms with Gasteiger partial charge in [-0.2, -0.15) is 4.98 Å². The predicted octanol–water partition coefficient (Wildman–Crippen LogP) is 5.06. The minimum Gasteiger partial charge on any atom is -0.478 e. The Hall–Kier alpha value is -3.97. The summed E-state index contributed by atoms with van der Waals surface area (Å²) in [5.41, 5.74) is 2.15. The van der Waals surface area contributed by atoms with Gasteiger partial charge in [-0.3, -0.25) is 9.59 Å². The van der Waals surface area contributed by atoms with E-state index in [-0.39, 0.29) is 22.7 Å². The summed E-state index contributed by atoms with van der Waals surface area (Å²) in [7, 11) is 1.41. The van der Waals surface area contributed by atoms with Gasteiger partial charge in [0, 0.05) is 24.6 Å². The number of benzene rings is 3. The van der Waals surface area contributed by atoms with E-state index in [2.05, 4.69) is 15.3 Å². The third-order valence-corrected chi connectivity index (χ3v) is 5.12. The van der Waals surface area contributed by atoms with Crippen molar-refractivity contribution >= 4 is 39.9 Å². The number of carbonyl (C=O) groups is 2. The van der Waals surface area contributed by atoms with Crippen molar-refractivity contribution in [1.82, 2.24) is 9.97 Å². The minimum absolute atomic E-state index is 0.00804. The lowest BCUT2D eigenvalue weighted by molar-refractivity contribution is -0.132. The summed E-state index contributed by atoms with van der Waals surface area (Å²) in [4.78, 5) is 32.4. The molecule has 1 amide bonds. The van der Waals surface area contributed by atoms with Crippen LogP contribution in [-0.4, -0.2) is 29.0 Å². The summed E-state index contributed by atoms with van der Waals surface area (Å²) in [5.74, 6) is -0.260. The van der Waals surface area contributed by atoms with Crippen LogP contribution in [0.2, 0.25) is 5.15 Å². The highest BCUT2D eigenvalue weighted by molar-refractivity contribution is 6.31. The second-order valence-corrected chi connectivity index (χ2v) is 7.61. The number of hydrogen-bond donors (Lipinski definition) is 1. The number of halogens is 1. The van der Waals surface area contributed by atoms with Crippen LogP contribution in [0.15, 0.2) is 66.7 Å². The van der Waals surface area contributed by atoms with Gasteiger partial charge in [0.05, 0.1) is 7.11 Å². The van der Waals surface area contributed by atoms with Gasteiger partial charge in [0.15, 0.2) is 5.15 Å². The van der Waals surface area contributed by atoms with E-state index in [1.165, 1.54) is 14.0 Å². The Bertz CT molecular complexity index is 1340. The zero-order valence-corrected chi connectivity index (χ0v) is 18.7. The van der Waals surface area contributed by atoms with Gasteiger partial charge in [-0.05, 0) is 40.6 Å². The maximum atomic E-state index is 12.7. The first-order valence-electron chi connectivity index (χ1n) is 10.1. The van der Waals surface area contributed by atoms with Crippen LogP contribution in [0.4, 0.5) is 5.69 Å². The Balaban J connectivity index is 1.46. The SMILES string of the molecule is COc1nc(Cc2ccc(NC(=O)c3ccc4ccccc4c3)cc2)nc(Cl)c1OC(C)=O. The number of anilines is 1. The number of methoxy groups -OCH3 is 1. The minimum atomic E-state index is -0.548. The van der Waals surface area contributed by atoms with Gasteiger partial charge in [-0.1, -0.05) is 54.1 Å². The molecule has 0 atom stereocenters. The van der Waals surface area contributed by atoms with Crippen molar-refractivity contribution in [2.75, 3.05) is 12.4 Å². The molecule has 1 aromatic heterocycles. The fourth-order valence-corrected chi connectivity index (χ4v) is 3.53. The molecule has 1 N–H and O–H groups in total. The van der Waals surface area contributed by atoms with E-state index in [0.29, 0.717) is 23.5 Å². The summed E-state index contributed by atoms with van der Waals surface area (Å²) in [6, 6.07) is 20.8. The quantitative estimate of drug-likeness (QED) is 0.319. The van der Waals surface area contributed by atoms with Gasteiger partial charge in [0.25, 0.3) is 11.8 Å². The highest BCUT2D eigenvalue weighted by atomic mass is 35.5. The van der Waals surface area contributed by atoms with Crippen molar-refractivity contribution in [3.63, 3.8) is 0 Å². The Morgan fingerprint density at radius 3 is 2.39 bits per heavy atom. The van der Waals surface area contributed by atoms with Crippen LogP contribution in [0.5, 0.6) is 11.6 Å². The zero-order chi connectivity index (χ0) is 23.4. The van der Waals surface area contributed by atoms with Gasteiger partial charge in [-0.15, -0.1) is 0 Å². The Morgan fingerprint density at radius 2 is 1.70 bits per heavy atom. The number of aromatic nitrogens is 2. The molecule has 8 heteroatoms. The van der Waals surface area contributed by atoms with Crippen molar-refractivity contribution in [3.05, 3.63) is 88.8 Å². The number of amides is 1. The molecule has 0 saturated carbocycles. The highest BCUT2D eigenvalue weighted by Crippen LogP contribution is 2.32. The average Bonchev–Trinajstić information content (AvgIpc) is 2.81. The highest BCUT2D eigenvalue weighted by Gasteiger charge is 2.17. The van der Waals surface area contributed by atoms with Crippen LogP contribution in [0.25, 0.3) is 10.8 Å². The zero-order valence-electron chi connectivity index (χ0n) is 18.0. The normalized spacial score (nSPS) is 10.6. The summed E-state index contributed by atoms with van der Waals surface area (Å²) in [6.45, 7) is 1.25. The molecule has 0 unspecified atom stereocenters. The average molecular weight is 462 g/mol. The standard InChI is InChI=1S/C25H20ClN3O4/c1-15(30)33-22-23(26)28-21(29-25(22)32-2)13-16-7-11-20(12-8-16)27-24(31)19-10-9-17-5-3-4-6-18(17)14-19/h3-12,14H,13H2,1-2H3,(H,27,31). The van der Waals surface area contributed by atoms with Crippen LogP contribution in [0.3, 0.4) is 0 Å². The number of nitrogens with zero attached hydrogens (tertiary/aromatic N) is 2. The number of ether oxygens (including phenoxy) is 2. The van der Waals surface area contributed by atoms with E-state index >= 15 is 0 Å². The lowest BCUT2D eigenvalue weighted by Gasteiger charge is -2.11. The first-order chi connectivity index (χ1) is 15.9. The van der Waals surface area contributed by atoms with E-state index < -0.39 is 5.97 Å². The molecule has 0 aliphatic rings. The predicted molar refractivity (Wildman–Crippen MR) is 126 cm³/mol. The monoisotopic (exact) mass is 461 g/mol. The molecule has 0 saturated heterocycles. The summed E-state index contributed by atoms with van der Waals surface area (Å²) in [6.07, 6.45) is 0.370. The fraction of sp³-hybridized carbons (Fsp3) is 0.120. The van der Waals surface area contributed by atoms with Crippen molar-refractivity contribution < 1.29 is 19.1 Å². The number of carbonyl (C=O) groups excluding carboxylic acids is 2. The van der Waals surface area contributed by atoms with Crippen LogP contribution >= 0.6 is 11.6 Å². The fourth-order valence-electron chi connectivity index (χ4n) is 3.31. The largest absolute Gasteiger partial charge is 0.478 e. The first kappa shape index (κ1) is 22.2. The second-order valence-electron chi connectivity index (χ2n) is 7.25. The number of rotatable bonds is 6. The molecule has 0 bridgehead atoms. The smallest absolute Gasteiger partial charge is 0.308 e. The number of fused-ring (bicyclic) bond motifs is 1. The van der Waals surface area contributed by atoms with Crippen molar-refractivity contribution in [1.29, 1.82) is 0 Å². The van der Waals surface area contributed by atoms with E-state index in [9.17, 15) is 9.59 Å². The molecule has 0 aliphatic heterocycles. The molecule has 3 aromatic carbocycles. The molecule has 166 valence electrons. The molecule has 4 rings (SSSR count). The molecule has 7 nitrogen and oxygen atoms in total. The Labute approximate surface area is 195 Å². The van der Waals surface area contributed by atoms with Crippen molar-refractivity contribution in [2.24, 2.45) is 0 Å². The second kappa shape index (κ2) is 9.67. The molecule has 4 aromatic rings. The van der Waals surface area contributed by atoms with Gasteiger partial charge < -0.3 is 14.8 Å². The number of esters is 1. The first-order valence-corrected chi connectivity index (χ1v) is 10.5. The van der Waals surface area contributed by atoms with Crippen molar-refractivity contribution in [3.8, 4) is 11.6 Å². The molecule has 0 aliphatic carbocycles. The van der Waals surface area contributed by atoms with Crippen LogP contribution < -0.4 is 14.8 Å². The molecular formula is C25H20ClN3O4. The molecule has 1 heterocycles. The van der Waals surface area contributed by atoms with Gasteiger partial charge in [0.1, 0.15) is 5.82 Å². The topological polar surface area (TPSA) is 90.4 Å².